The van der Waals surface area contributed by atoms with Crippen LogP contribution in [-0.4, -0.2) is 40.8 Å². The second kappa shape index (κ2) is 9.02. The Morgan fingerprint density at radius 3 is 2.76 bits per heavy atom. The van der Waals surface area contributed by atoms with Crippen molar-refractivity contribution in [2.45, 2.75) is 31.9 Å². The summed E-state index contributed by atoms with van der Waals surface area (Å²) in [6, 6.07) is 6.96. The molecular weight excluding hydrogens is 449 g/mol. The maximum Gasteiger partial charge on any atom is 0.266 e. The van der Waals surface area contributed by atoms with E-state index in [9.17, 15) is 13.2 Å². The SMILES string of the molecule is COc1cc2c(cc1OC1CCOC1)c(N[C@H](C)c1cccc(C(F)F)c1F)nc1nccn12. The molecule has 0 spiro atoms. The van der Waals surface area contributed by atoms with Gasteiger partial charge in [0.1, 0.15) is 17.7 Å². The zero-order chi connectivity index (χ0) is 23.8. The summed E-state index contributed by atoms with van der Waals surface area (Å²) in [5.41, 5.74) is 0.224. The molecular formula is C24H23F3N4O3. The zero-order valence-corrected chi connectivity index (χ0v) is 18.6. The van der Waals surface area contributed by atoms with Gasteiger partial charge in [0.05, 0.1) is 37.4 Å². The number of hydrogen-bond donors (Lipinski definition) is 1. The number of fused-ring (bicyclic) bond motifs is 3. The van der Waals surface area contributed by atoms with Crippen molar-refractivity contribution < 1.29 is 27.4 Å². The van der Waals surface area contributed by atoms with Gasteiger partial charge in [0.25, 0.3) is 6.43 Å². The van der Waals surface area contributed by atoms with E-state index in [2.05, 4.69) is 15.3 Å². The molecule has 10 heteroatoms. The van der Waals surface area contributed by atoms with Crippen LogP contribution < -0.4 is 14.8 Å². The summed E-state index contributed by atoms with van der Waals surface area (Å²) in [5.74, 6) is 0.960. The lowest BCUT2D eigenvalue weighted by molar-refractivity contribution is 0.139. The predicted molar refractivity (Wildman–Crippen MR) is 120 cm³/mol. The molecule has 178 valence electrons. The highest BCUT2D eigenvalue weighted by molar-refractivity contribution is 5.93. The van der Waals surface area contributed by atoms with E-state index in [-0.39, 0.29) is 11.7 Å². The molecule has 1 unspecified atom stereocenters. The van der Waals surface area contributed by atoms with Gasteiger partial charge in [-0.3, -0.25) is 4.40 Å². The Morgan fingerprint density at radius 1 is 1.21 bits per heavy atom. The van der Waals surface area contributed by atoms with E-state index in [1.165, 1.54) is 12.1 Å². The third-order valence-electron chi connectivity index (χ3n) is 5.92. The average molecular weight is 472 g/mol. The van der Waals surface area contributed by atoms with E-state index in [0.29, 0.717) is 41.7 Å². The van der Waals surface area contributed by atoms with Crippen LogP contribution in [0, 0.1) is 5.82 Å². The van der Waals surface area contributed by atoms with Crippen LogP contribution in [0.2, 0.25) is 0 Å². The van der Waals surface area contributed by atoms with Gasteiger partial charge < -0.3 is 19.5 Å². The number of anilines is 1. The monoisotopic (exact) mass is 472 g/mol. The fourth-order valence-electron chi connectivity index (χ4n) is 4.17. The molecule has 2 aromatic carbocycles. The van der Waals surface area contributed by atoms with Crippen molar-refractivity contribution in [1.29, 1.82) is 0 Å². The average Bonchev–Trinajstić information content (AvgIpc) is 3.50. The topological polar surface area (TPSA) is 69.9 Å². The fourth-order valence-corrected chi connectivity index (χ4v) is 4.17. The summed E-state index contributed by atoms with van der Waals surface area (Å²) in [7, 11) is 1.56. The van der Waals surface area contributed by atoms with Gasteiger partial charge in [-0.25, -0.2) is 18.2 Å². The van der Waals surface area contributed by atoms with Crippen LogP contribution in [0.5, 0.6) is 11.5 Å². The van der Waals surface area contributed by atoms with Crippen LogP contribution in [0.4, 0.5) is 19.0 Å². The minimum atomic E-state index is -2.90. The molecule has 0 amide bonds. The Balaban J connectivity index is 1.60. The van der Waals surface area contributed by atoms with E-state index in [1.807, 2.05) is 6.07 Å². The molecule has 0 bridgehead atoms. The molecule has 1 fully saturated rings. The number of alkyl halides is 2. The molecule has 1 saturated heterocycles. The standard InChI is InChI=1S/C24H23F3N4O3/c1-13(15-4-3-5-16(21(15)25)22(26)27)29-23-17-10-20(34-14-6-9-33-12-14)19(32-2)11-18(17)31-8-7-28-24(31)30-23/h3-5,7-8,10-11,13-14,22H,6,9,12H2,1-2H3,(H,28,29,30)/t13-,14?/m1/s1. The van der Waals surface area contributed by atoms with Crippen LogP contribution in [0.15, 0.2) is 42.7 Å². The molecule has 2 aromatic heterocycles. The zero-order valence-electron chi connectivity index (χ0n) is 18.6. The molecule has 1 aliphatic rings. The van der Waals surface area contributed by atoms with Crippen LogP contribution in [0.3, 0.4) is 0 Å². The summed E-state index contributed by atoms with van der Waals surface area (Å²) < 4.78 is 60.1. The van der Waals surface area contributed by atoms with Gasteiger partial charge in [-0.1, -0.05) is 18.2 Å². The normalized spacial score (nSPS) is 16.9. The lowest BCUT2D eigenvalue weighted by Gasteiger charge is -2.20. The quantitative estimate of drug-likeness (QED) is 0.393. The Hall–Kier alpha value is -3.53. The van der Waals surface area contributed by atoms with Crippen molar-refractivity contribution in [3.8, 4) is 11.5 Å². The molecule has 34 heavy (non-hydrogen) atoms. The number of halogens is 3. The maximum absolute atomic E-state index is 14.8. The number of hydrogen-bond acceptors (Lipinski definition) is 6. The molecule has 2 atom stereocenters. The summed E-state index contributed by atoms with van der Waals surface area (Å²) in [6.45, 7) is 2.81. The number of aromatic nitrogens is 3. The number of methoxy groups -OCH3 is 1. The second-order valence-corrected chi connectivity index (χ2v) is 8.10. The smallest absolute Gasteiger partial charge is 0.266 e. The molecule has 0 radical (unpaired) electrons. The van der Waals surface area contributed by atoms with Crippen LogP contribution in [0.1, 0.15) is 36.9 Å². The first-order chi connectivity index (χ1) is 16.5. The summed E-state index contributed by atoms with van der Waals surface area (Å²) >= 11 is 0. The molecule has 1 aliphatic heterocycles. The largest absolute Gasteiger partial charge is 0.493 e. The number of nitrogens with zero attached hydrogens (tertiary/aromatic N) is 3. The molecule has 7 nitrogen and oxygen atoms in total. The van der Waals surface area contributed by atoms with Gasteiger partial charge in [-0.05, 0) is 13.0 Å². The number of rotatable bonds is 7. The van der Waals surface area contributed by atoms with E-state index >= 15 is 0 Å². The minimum absolute atomic E-state index is 0.0993. The lowest BCUT2D eigenvalue weighted by Crippen LogP contribution is -2.16. The van der Waals surface area contributed by atoms with Gasteiger partial charge in [0.2, 0.25) is 5.78 Å². The Morgan fingerprint density at radius 2 is 2.03 bits per heavy atom. The Bertz CT molecular complexity index is 1340. The molecule has 3 heterocycles. The number of benzene rings is 2. The predicted octanol–water partition coefficient (Wildman–Crippen LogP) is 5.31. The van der Waals surface area contributed by atoms with Crippen molar-refractivity contribution in [3.63, 3.8) is 0 Å². The highest BCUT2D eigenvalue weighted by Crippen LogP contribution is 2.38. The van der Waals surface area contributed by atoms with Crippen molar-refractivity contribution in [3.05, 3.63) is 59.7 Å². The van der Waals surface area contributed by atoms with Gasteiger partial charge >= 0.3 is 0 Å². The first-order valence-electron chi connectivity index (χ1n) is 10.9. The number of ether oxygens (including phenoxy) is 3. The highest BCUT2D eigenvalue weighted by Gasteiger charge is 2.23. The second-order valence-electron chi connectivity index (χ2n) is 8.10. The molecule has 1 N–H and O–H groups in total. The highest BCUT2D eigenvalue weighted by atomic mass is 19.3. The summed E-state index contributed by atoms with van der Waals surface area (Å²) in [5, 5.41) is 3.86. The van der Waals surface area contributed by atoms with Crippen molar-refractivity contribution >= 4 is 22.5 Å². The Labute approximate surface area is 193 Å². The van der Waals surface area contributed by atoms with E-state index < -0.39 is 23.8 Å². The molecule has 4 aromatic rings. The number of imidazole rings is 1. The van der Waals surface area contributed by atoms with E-state index in [4.69, 9.17) is 14.2 Å². The third kappa shape index (κ3) is 3.98. The number of nitrogens with one attached hydrogen (secondary N) is 1. The maximum atomic E-state index is 14.8. The fraction of sp³-hybridized carbons (Fsp3) is 0.333. The summed E-state index contributed by atoms with van der Waals surface area (Å²) in [4.78, 5) is 8.87. The Kier molecular flexibility index (Phi) is 5.91. The van der Waals surface area contributed by atoms with Crippen LogP contribution in [-0.2, 0) is 4.74 Å². The third-order valence-corrected chi connectivity index (χ3v) is 5.92. The first kappa shape index (κ1) is 22.3. The summed E-state index contributed by atoms with van der Waals surface area (Å²) in [6.07, 6.45) is 1.15. The van der Waals surface area contributed by atoms with E-state index in [0.717, 1.165) is 18.0 Å². The molecule has 5 rings (SSSR count). The van der Waals surface area contributed by atoms with Gasteiger partial charge in [-0.15, -0.1) is 0 Å². The van der Waals surface area contributed by atoms with Crippen molar-refractivity contribution in [2.24, 2.45) is 0 Å². The molecule has 0 saturated carbocycles. The van der Waals surface area contributed by atoms with Crippen LogP contribution >= 0.6 is 0 Å². The van der Waals surface area contributed by atoms with Crippen molar-refractivity contribution in [1.82, 2.24) is 14.4 Å². The van der Waals surface area contributed by atoms with Gasteiger partial charge in [0.15, 0.2) is 11.5 Å². The molecule has 0 aliphatic carbocycles. The minimum Gasteiger partial charge on any atom is -0.493 e. The van der Waals surface area contributed by atoms with Crippen LogP contribution in [0.25, 0.3) is 16.7 Å². The van der Waals surface area contributed by atoms with Gasteiger partial charge in [0, 0.05) is 35.8 Å². The van der Waals surface area contributed by atoms with E-state index in [1.54, 1.807) is 36.9 Å². The first-order valence-corrected chi connectivity index (χ1v) is 10.9. The van der Waals surface area contributed by atoms with Gasteiger partial charge in [-0.2, -0.15) is 4.98 Å². The lowest BCUT2D eigenvalue weighted by atomic mass is 10.0. The van der Waals surface area contributed by atoms with Crippen molar-refractivity contribution in [2.75, 3.05) is 25.6 Å².